The van der Waals surface area contributed by atoms with Crippen LogP contribution in [0, 0.1) is 5.92 Å². The first-order valence-electron chi connectivity index (χ1n) is 8.13. The van der Waals surface area contributed by atoms with Crippen molar-refractivity contribution in [3.8, 4) is 0 Å². The highest BCUT2D eigenvalue weighted by atomic mass is 16.5. The van der Waals surface area contributed by atoms with Crippen molar-refractivity contribution in [1.29, 1.82) is 0 Å². The zero-order chi connectivity index (χ0) is 15.4. The molecule has 22 heavy (non-hydrogen) atoms. The lowest BCUT2D eigenvalue weighted by Crippen LogP contribution is -2.39. The highest BCUT2D eigenvalue weighted by molar-refractivity contribution is 5.90. The minimum absolute atomic E-state index is 0.00191. The maximum absolute atomic E-state index is 12.5. The smallest absolute Gasteiger partial charge is 0.321 e. The Morgan fingerprint density at radius 1 is 1.36 bits per heavy atom. The predicted octanol–water partition coefficient (Wildman–Crippen LogP) is 2.04. The molecule has 120 valence electrons. The summed E-state index contributed by atoms with van der Waals surface area (Å²) in [4.78, 5) is 14.3. The number of hydrogen-bond acceptors (Lipinski definition) is 3. The van der Waals surface area contributed by atoms with Crippen LogP contribution in [0.25, 0.3) is 0 Å². The lowest BCUT2D eigenvalue weighted by molar-refractivity contribution is 0.0958. The molecule has 1 heterocycles. The first kappa shape index (κ1) is 15.3. The predicted molar refractivity (Wildman–Crippen MR) is 85.1 cm³/mol. The van der Waals surface area contributed by atoms with Crippen LogP contribution in [0.5, 0.6) is 0 Å². The van der Waals surface area contributed by atoms with Crippen molar-refractivity contribution < 1.29 is 14.6 Å². The summed E-state index contributed by atoms with van der Waals surface area (Å²) in [7, 11) is 0. The third-order valence-corrected chi connectivity index (χ3v) is 4.52. The number of carbonyl (C=O) groups is 1. The number of rotatable bonds is 2. The average Bonchev–Trinajstić information content (AvgIpc) is 2.81. The van der Waals surface area contributed by atoms with Crippen LogP contribution >= 0.6 is 0 Å². The fraction of sp³-hybridized carbons (Fsp3) is 0.588. The quantitative estimate of drug-likeness (QED) is 0.879. The Kier molecular flexibility index (Phi) is 4.95. The van der Waals surface area contributed by atoms with Crippen molar-refractivity contribution in [3.05, 3.63) is 29.3 Å². The van der Waals surface area contributed by atoms with Gasteiger partial charge in [0.1, 0.15) is 0 Å². The van der Waals surface area contributed by atoms with E-state index in [1.165, 1.54) is 24.0 Å². The number of hydrogen-bond donors (Lipinski definition) is 2. The highest BCUT2D eigenvalue weighted by Gasteiger charge is 2.23. The maximum Gasteiger partial charge on any atom is 0.321 e. The number of fused-ring (bicyclic) bond motifs is 1. The lowest BCUT2D eigenvalue weighted by Gasteiger charge is -2.25. The Morgan fingerprint density at radius 3 is 3.09 bits per heavy atom. The summed E-state index contributed by atoms with van der Waals surface area (Å²) in [5, 5.41) is 12.4. The first-order chi connectivity index (χ1) is 10.8. The summed E-state index contributed by atoms with van der Waals surface area (Å²) in [5.41, 5.74) is 3.58. The Bertz CT molecular complexity index is 533. The van der Waals surface area contributed by atoms with Gasteiger partial charge in [0, 0.05) is 31.3 Å². The SMILES string of the molecule is O=C(Nc1cccc2c1CCCC2)N1CCOC[C@@H](CO)C1. The van der Waals surface area contributed by atoms with Crippen molar-refractivity contribution in [1.82, 2.24) is 4.90 Å². The molecule has 0 radical (unpaired) electrons. The molecule has 1 fully saturated rings. The summed E-state index contributed by atoms with van der Waals surface area (Å²) in [5.74, 6) is -0.00191. The van der Waals surface area contributed by atoms with Gasteiger partial charge in [0.2, 0.25) is 0 Å². The van der Waals surface area contributed by atoms with E-state index in [4.69, 9.17) is 4.74 Å². The molecule has 0 saturated carbocycles. The number of ether oxygens (including phenoxy) is 1. The van der Waals surface area contributed by atoms with Gasteiger partial charge in [-0.3, -0.25) is 0 Å². The molecular weight excluding hydrogens is 280 g/mol. The summed E-state index contributed by atoms with van der Waals surface area (Å²) in [6.45, 7) is 2.19. The number of aliphatic hydroxyl groups excluding tert-OH is 1. The summed E-state index contributed by atoms with van der Waals surface area (Å²) < 4.78 is 5.44. The van der Waals surface area contributed by atoms with E-state index in [0.29, 0.717) is 26.3 Å². The minimum Gasteiger partial charge on any atom is -0.396 e. The number of nitrogens with zero attached hydrogens (tertiary/aromatic N) is 1. The van der Waals surface area contributed by atoms with Gasteiger partial charge in [-0.25, -0.2) is 4.79 Å². The molecule has 2 amide bonds. The fourth-order valence-electron chi connectivity index (χ4n) is 3.27. The molecule has 1 aromatic carbocycles. The number of benzene rings is 1. The van der Waals surface area contributed by atoms with E-state index in [-0.39, 0.29) is 18.6 Å². The second kappa shape index (κ2) is 7.11. The van der Waals surface area contributed by atoms with Crippen LogP contribution in [0.15, 0.2) is 18.2 Å². The van der Waals surface area contributed by atoms with Gasteiger partial charge in [0.15, 0.2) is 0 Å². The zero-order valence-corrected chi connectivity index (χ0v) is 12.9. The van der Waals surface area contributed by atoms with Crippen molar-refractivity contribution >= 4 is 11.7 Å². The van der Waals surface area contributed by atoms with E-state index in [1.54, 1.807) is 4.90 Å². The minimum atomic E-state index is -0.0945. The van der Waals surface area contributed by atoms with Crippen LogP contribution in [0.1, 0.15) is 24.0 Å². The van der Waals surface area contributed by atoms with Crippen LogP contribution in [0.3, 0.4) is 0 Å². The first-order valence-corrected chi connectivity index (χ1v) is 8.13. The normalized spacial score (nSPS) is 21.9. The Hall–Kier alpha value is -1.59. The van der Waals surface area contributed by atoms with Crippen LogP contribution in [-0.4, -0.2) is 48.9 Å². The van der Waals surface area contributed by atoms with Crippen molar-refractivity contribution in [2.75, 3.05) is 38.2 Å². The Labute approximate surface area is 131 Å². The van der Waals surface area contributed by atoms with Gasteiger partial charge in [0.25, 0.3) is 0 Å². The van der Waals surface area contributed by atoms with E-state index in [0.717, 1.165) is 18.5 Å². The molecule has 2 aliphatic rings. The number of nitrogens with one attached hydrogen (secondary N) is 1. The lowest BCUT2D eigenvalue weighted by atomic mass is 9.90. The number of urea groups is 1. The second-order valence-corrected chi connectivity index (χ2v) is 6.15. The molecule has 0 aromatic heterocycles. The topological polar surface area (TPSA) is 61.8 Å². The van der Waals surface area contributed by atoms with E-state index >= 15 is 0 Å². The standard InChI is InChI=1S/C17H24N2O3/c20-11-13-10-19(8-9-22-12-13)17(21)18-16-7-3-5-14-4-1-2-6-15(14)16/h3,5,7,13,20H,1-2,4,6,8-12H2,(H,18,21)/t13-/m1/s1. The molecule has 5 nitrogen and oxygen atoms in total. The number of aliphatic hydroxyl groups is 1. The van der Waals surface area contributed by atoms with Gasteiger partial charge in [-0.2, -0.15) is 0 Å². The summed E-state index contributed by atoms with van der Waals surface area (Å²) in [6, 6.07) is 6.07. The average molecular weight is 304 g/mol. The molecular formula is C17H24N2O3. The molecule has 1 atom stereocenters. The fourth-order valence-corrected chi connectivity index (χ4v) is 3.27. The third-order valence-electron chi connectivity index (χ3n) is 4.52. The number of amides is 2. The van der Waals surface area contributed by atoms with Gasteiger partial charge in [0.05, 0.1) is 13.2 Å². The van der Waals surface area contributed by atoms with E-state index < -0.39 is 0 Å². The number of anilines is 1. The molecule has 0 unspecified atom stereocenters. The van der Waals surface area contributed by atoms with E-state index in [2.05, 4.69) is 11.4 Å². The van der Waals surface area contributed by atoms with Crippen LogP contribution < -0.4 is 5.32 Å². The summed E-state index contributed by atoms with van der Waals surface area (Å²) in [6.07, 6.45) is 4.55. The van der Waals surface area contributed by atoms with Gasteiger partial charge in [-0.15, -0.1) is 0 Å². The molecule has 5 heteroatoms. The number of aryl methyl sites for hydroxylation is 1. The van der Waals surface area contributed by atoms with Crippen LogP contribution in [0.2, 0.25) is 0 Å². The van der Waals surface area contributed by atoms with Gasteiger partial charge < -0.3 is 20.1 Å². The molecule has 1 aliphatic carbocycles. The second-order valence-electron chi connectivity index (χ2n) is 6.15. The zero-order valence-electron chi connectivity index (χ0n) is 12.9. The van der Waals surface area contributed by atoms with Crippen molar-refractivity contribution in [3.63, 3.8) is 0 Å². The molecule has 1 aliphatic heterocycles. The molecule has 0 bridgehead atoms. The molecule has 1 saturated heterocycles. The van der Waals surface area contributed by atoms with E-state index in [9.17, 15) is 9.90 Å². The highest BCUT2D eigenvalue weighted by Crippen LogP contribution is 2.28. The number of carbonyl (C=O) groups excluding carboxylic acids is 1. The van der Waals surface area contributed by atoms with Gasteiger partial charge in [-0.1, -0.05) is 12.1 Å². The van der Waals surface area contributed by atoms with Crippen LogP contribution in [-0.2, 0) is 17.6 Å². The molecule has 3 rings (SSSR count). The summed E-state index contributed by atoms with van der Waals surface area (Å²) >= 11 is 0. The van der Waals surface area contributed by atoms with Gasteiger partial charge in [-0.05, 0) is 42.9 Å². The molecule has 2 N–H and O–H groups in total. The van der Waals surface area contributed by atoms with Crippen molar-refractivity contribution in [2.24, 2.45) is 5.92 Å². The maximum atomic E-state index is 12.5. The Morgan fingerprint density at radius 2 is 2.23 bits per heavy atom. The molecule has 1 aromatic rings. The van der Waals surface area contributed by atoms with Crippen LogP contribution in [0.4, 0.5) is 10.5 Å². The van der Waals surface area contributed by atoms with Gasteiger partial charge >= 0.3 is 6.03 Å². The Balaban J connectivity index is 1.71. The third kappa shape index (κ3) is 3.42. The largest absolute Gasteiger partial charge is 0.396 e. The monoisotopic (exact) mass is 304 g/mol. The van der Waals surface area contributed by atoms with Crippen molar-refractivity contribution in [2.45, 2.75) is 25.7 Å². The molecule has 0 spiro atoms. The van der Waals surface area contributed by atoms with E-state index in [1.807, 2.05) is 12.1 Å².